The van der Waals surface area contributed by atoms with Gasteiger partial charge in [-0.25, -0.2) is 0 Å². The Morgan fingerprint density at radius 3 is 1.86 bits per heavy atom. The van der Waals surface area contributed by atoms with Gasteiger partial charge < -0.3 is 14.4 Å². The Hall–Kier alpha value is 0.0969. The molecular weight excluding hydrogens is 112 g/mol. The third kappa shape index (κ3) is 6.10. The van der Waals surface area contributed by atoms with E-state index in [-0.39, 0.29) is 0 Å². The van der Waals surface area contributed by atoms with E-state index in [1.54, 1.807) is 6.92 Å². The fourth-order valence-electron chi connectivity index (χ4n) is 0.274. The van der Waals surface area contributed by atoms with Crippen LogP contribution in [0.15, 0.2) is 0 Å². The molecule has 0 aliphatic heterocycles. The molecule has 0 atom stereocenters. The molecule has 0 spiro atoms. The molecule has 0 bridgehead atoms. The van der Waals surface area contributed by atoms with Gasteiger partial charge in [-0.15, -0.1) is 0 Å². The van der Waals surface area contributed by atoms with Gasteiger partial charge in [0, 0.05) is 6.04 Å². The van der Waals surface area contributed by atoms with Crippen LogP contribution in [0.3, 0.4) is 0 Å². The van der Waals surface area contributed by atoms with Crippen LogP contribution in [0, 0.1) is 6.04 Å². The SMILES string of the molecule is CC[CH][Si](O)(O)O. The molecular formula is C3H9O3Si. The normalized spacial score (nSPS) is 12.0. The summed E-state index contributed by atoms with van der Waals surface area (Å²) in [5.41, 5.74) is 0. The predicted molar refractivity (Wildman–Crippen MR) is 27.0 cm³/mol. The lowest BCUT2D eigenvalue weighted by molar-refractivity contribution is 0.239. The minimum Gasteiger partial charge on any atom is -0.390 e. The molecule has 0 amide bonds. The lowest BCUT2D eigenvalue weighted by Crippen LogP contribution is -2.35. The quantitative estimate of drug-likeness (QED) is 0.413. The highest BCUT2D eigenvalue weighted by Crippen LogP contribution is 1.94. The first kappa shape index (κ1) is 7.10. The van der Waals surface area contributed by atoms with E-state index in [0.717, 1.165) is 6.04 Å². The van der Waals surface area contributed by atoms with Crippen LogP contribution in [0.5, 0.6) is 0 Å². The third-order valence-corrected chi connectivity index (χ3v) is 1.43. The zero-order chi connectivity index (χ0) is 5.91. The van der Waals surface area contributed by atoms with Gasteiger partial charge in [0.25, 0.3) is 0 Å². The van der Waals surface area contributed by atoms with Gasteiger partial charge in [0.15, 0.2) is 0 Å². The van der Waals surface area contributed by atoms with Crippen LogP contribution < -0.4 is 0 Å². The van der Waals surface area contributed by atoms with Gasteiger partial charge in [-0.1, -0.05) is 6.92 Å². The maximum atomic E-state index is 8.21. The molecule has 0 fully saturated rings. The molecule has 1 radical (unpaired) electrons. The summed E-state index contributed by atoms with van der Waals surface area (Å²) in [6, 6.07) is 1.12. The first-order valence-electron chi connectivity index (χ1n) is 2.07. The van der Waals surface area contributed by atoms with Crippen LogP contribution in [0.2, 0.25) is 0 Å². The molecule has 7 heavy (non-hydrogen) atoms. The predicted octanol–water partition coefficient (Wildman–Crippen LogP) is -0.944. The fourth-order valence-corrected chi connectivity index (χ4v) is 0.822. The van der Waals surface area contributed by atoms with Crippen molar-refractivity contribution < 1.29 is 14.4 Å². The lowest BCUT2D eigenvalue weighted by Gasteiger charge is -2.04. The van der Waals surface area contributed by atoms with Gasteiger partial charge in [-0.3, -0.25) is 0 Å². The van der Waals surface area contributed by atoms with Gasteiger partial charge in [-0.05, 0) is 6.42 Å². The molecule has 0 heterocycles. The molecule has 0 saturated heterocycles. The summed E-state index contributed by atoms with van der Waals surface area (Å²) in [4.78, 5) is 24.6. The van der Waals surface area contributed by atoms with Crippen LogP contribution in [0.4, 0.5) is 0 Å². The van der Waals surface area contributed by atoms with Crippen LogP contribution in [0.1, 0.15) is 13.3 Å². The van der Waals surface area contributed by atoms with E-state index in [1.807, 2.05) is 0 Å². The zero-order valence-electron chi connectivity index (χ0n) is 4.13. The third-order valence-electron chi connectivity index (χ3n) is 0.478. The van der Waals surface area contributed by atoms with Crippen molar-refractivity contribution in [3.05, 3.63) is 6.04 Å². The lowest BCUT2D eigenvalue weighted by atomic mass is 10.6. The van der Waals surface area contributed by atoms with E-state index in [9.17, 15) is 0 Å². The smallest absolute Gasteiger partial charge is 0.390 e. The summed E-state index contributed by atoms with van der Waals surface area (Å²) >= 11 is 0. The average molecular weight is 121 g/mol. The van der Waals surface area contributed by atoms with Crippen molar-refractivity contribution in [1.82, 2.24) is 0 Å². The number of hydrogen-bond donors (Lipinski definition) is 3. The summed E-state index contributed by atoms with van der Waals surface area (Å²) in [6.07, 6.45) is 0.496. The molecule has 0 aromatic carbocycles. The largest absolute Gasteiger partial charge is 0.496 e. The Balaban J connectivity index is 3.15. The summed E-state index contributed by atoms with van der Waals surface area (Å²) in [5.74, 6) is 0. The topological polar surface area (TPSA) is 60.7 Å². The van der Waals surface area contributed by atoms with Crippen LogP contribution >= 0.6 is 0 Å². The summed E-state index contributed by atoms with van der Waals surface area (Å²) in [5, 5.41) is 0. The Morgan fingerprint density at radius 1 is 1.43 bits per heavy atom. The second-order valence-corrected chi connectivity index (χ2v) is 3.08. The monoisotopic (exact) mass is 121 g/mol. The fraction of sp³-hybridized carbons (Fsp3) is 0.667. The maximum absolute atomic E-state index is 8.21. The highest BCUT2D eigenvalue weighted by atomic mass is 28.4. The van der Waals surface area contributed by atoms with E-state index in [0.29, 0.717) is 6.42 Å². The number of rotatable bonds is 2. The molecule has 0 aliphatic rings. The van der Waals surface area contributed by atoms with Gasteiger partial charge in [0.05, 0.1) is 0 Å². The minimum absolute atomic E-state index is 0.496. The van der Waals surface area contributed by atoms with Gasteiger partial charge >= 0.3 is 8.80 Å². The van der Waals surface area contributed by atoms with Gasteiger partial charge in [-0.2, -0.15) is 0 Å². The molecule has 0 rings (SSSR count). The molecule has 43 valence electrons. The van der Waals surface area contributed by atoms with Crippen molar-refractivity contribution >= 4 is 8.80 Å². The Kier molecular flexibility index (Phi) is 2.45. The van der Waals surface area contributed by atoms with E-state index in [4.69, 9.17) is 14.4 Å². The van der Waals surface area contributed by atoms with Crippen molar-refractivity contribution in [2.45, 2.75) is 13.3 Å². The van der Waals surface area contributed by atoms with Crippen molar-refractivity contribution in [1.29, 1.82) is 0 Å². The Bertz CT molecular complexity index is 48.6. The van der Waals surface area contributed by atoms with Crippen LogP contribution in [0.25, 0.3) is 0 Å². The molecule has 0 saturated carbocycles. The second-order valence-electron chi connectivity index (χ2n) is 1.30. The Labute approximate surface area is 43.6 Å². The van der Waals surface area contributed by atoms with E-state index in [2.05, 4.69) is 0 Å². The highest BCUT2D eigenvalue weighted by Gasteiger charge is 2.24. The van der Waals surface area contributed by atoms with Crippen LogP contribution in [-0.2, 0) is 0 Å². The van der Waals surface area contributed by atoms with E-state index < -0.39 is 8.80 Å². The van der Waals surface area contributed by atoms with Crippen molar-refractivity contribution in [3.8, 4) is 0 Å². The maximum Gasteiger partial charge on any atom is 0.496 e. The zero-order valence-corrected chi connectivity index (χ0v) is 5.13. The second kappa shape index (κ2) is 2.42. The summed E-state index contributed by atoms with van der Waals surface area (Å²) in [6.45, 7) is 1.73. The van der Waals surface area contributed by atoms with Crippen molar-refractivity contribution in [2.75, 3.05) is 0 Å². The van der Waals surface area contributed by atoms with Gasteiger partial charge in [0.1, 0.15) is 0 Å². The molecule has 0 aromatic rings. The summed E-state index contributed by atoms with van der Waals surface area (Å²) < 4.78 is 0. The first-order valence-corrected chi connectivity index (χ1v) is 3.99. The molecule has 0 aliphatic carbocycles. The Morgan fingerprint density at radius 2 is 1.86 bits per heavy atom. The molecule has 0 unspecified atom stereocenters. The van der Waals surface area contributed by atoms with Gasteiger partial charge in [0.2, 0.25) is 0 Å². The average Bonchev–Trinajstić information content (AvgIpc) is 1.30. The van der Waals surface area contributed by atoms with Crippen molar-refractivity contribution in [3.63, 3.8) is 0 Å². The first-order chi connectivity index (χ1) is 3.06. The summed E-state index contributed by atoms with van der Waals surface area (Å²) in [7, 11) is -3.78. The molecule has 3 nitrogen and oxygen atoms in total. The minimum atomic E-state index is -3.78. The van der Waals surface area contributed by atoms with E-state index in [1.165, 1.54) is 0 Å². The van der Waals surface area contributed by atoms with Crippen molar-refractivity contribution in [2.24, 2.45) is 0 Å². The van der Waals surface area contributed by atoms with Crippen LogP contribution in [-0.4, -0.2) is 23.2 Å². The standard InChI is InChI=1S/C3H9O3Si/c1-2-3-7(4,5)6/h3-6H,2H2,1H3. The molecule has 3 N–H and O–H groups in total. The molecule has 4 heteroatoms. The number of hydrogen-bond acceptors (Lipinski definition) is 3. The highest BCUT2D eigenvalue weighted by molar-refractivity contribution is 6.60. The molecule has 0 aromatic heterocycles. The van der Waals surface area contributed by atoms with E-state index >= 15 is 0 Å².